The zero-order chi connectivity index (χ0) is 25.0. The van der Waals surface area contributed by atoms with Crippen molar-refractivity contribution >= 4 is 17.6 Å². The van der Waals surface area contributed by atoms with E-state index in [1.54, 1.807) is 11.1 Å². The number of benzene rings is 2. The van der Waals surface area contributed by atoms with E-state index in [4.69, 9.17) is 4.74 Å². The first-order chi connectivity index (χ1) is 16.7. The van der Waals surface area contributed by atoms with Crippen LogP contribution in [0, 0.1) is 5.82 Å². The van der Waals surface area contributed by atoms with E-state index < -0.39 is 11.4 Å². The molecule has 0 spiro atoms. The van der Waals surface area contributed by atoms with Crippen molar-refractivity contribution in [3.8, 4) is 0 Å². The van der Waals surface area contributed by atoms with Crippen LogP contribution in [0.25, 0.3) is 0 Å². The topological polar surface area (TPSA) is 57.7 Å². The van der Waals surface area contributed by atoms with Crippen LogP contribution >= 0.6 is 0 Å². The van der Waals surface area contributed by atoms with Crippen LogP contribution in [0.15, 0.2) is 72.9 Å². The molecule has 0 saturated carbocycles. The molecule has 0 radical (unpaired) electrons. The van der Waals surface area contributed by atoms with Crippen molar-refractivity contribution in [3.05, 3.63) is 89.9 Å². The second-order valence-electron chi connectivity index (χ2n) is 9.89. The Morgan fingerprint density at radius 3 is 2.17 bits per heavy atom. The average Bonchev–Trinajstić information content (AvgIpc) is 2.83. The number of piperazine rings is 1. The van der Waals surface area contributed by atoms with E-state index >= 15 is 4.39 Å². The summed E-state index contributed by atoms with van der Waals surface area (Å²) in [7, 11) is 0. The van der Waals surface area contributed by atoms with Gasteiger partial charge in [0.1, 0.15) is 5.60 Å². The minimum atomic E-state index is -0.540. The van der Waals surface area contributed by atoms with Gasteiger partial charge in [0.05, 0.1) is 17.9 Å². The highest BCUT2D eigenvalue weighted by atomic mass is 19.1. The molecule has 0 aliphatic carbocycles. The van der Waals surface area contributed by atoms with Gasteiger partial charge in [-0.1, -0.05) is 60.7 Å². The third kappa shape index (κ3) is 6.10. The van der Waals surface area contributed by atoms with Crippen LogP contribution in [0.5, 0.6) is 0 Å². The Morgan fingerprint density at radius 1 is 1.06 bits per heavy atom. The maximum atomic E-state index is 15.2. The summed E-state index contributed by atoms with van der Waals surface area (Å²) in [5.41, 5.74) is 2.20. The second-order valence-corrected chi connectivity index (χ2v) is 9.89. The van der Waals surface area contributed by atoms with E-state index in [1.807, 2.05) is 88.4 Å². The van der Waals surface area contributed by atoms with E-state index in [-0.39, 0.29) is 24.0 Å². The second kappa shape index (κ2) is 10.3. The van der Waals surface area contributed by atoms with Gasteiger partial charge < -0.3 is 19.9 Å². The van der Waals surface area contributed by atoms with E-state index in [0.717, 1.165) is 11.1 Å². The van der Waals surface area contributed by atoms with E-state index in [9.17, 15) is 4.79 Å². The molecule has 1 N–H and O–H groups in total. The molecule has 4 rings (SSSR count). The van der Waals surface area contributed by atoms with Gasteiger partial charge in [0.15, 0.2) is 11.6 Å². The van der Waals surface area contributed by atoms with Crippen molar-refractivity contribution in [2.75, 3.05) is 29.9 Å². The Labute approximate surface area is 206 Å². The molecule has 1 fully saturated rings. The molecule has 2 aromatic carbocycles. The fourth-order valence-electron chi connectivity index (χ4n) is 4.28. The Hall–Kier alpha value is -3.61. The zero-order valence-corrected chi connectivity index (χ0v) is 20.7. The van der Waals surface area contributed by atoms with Crippen molar-refractivity contribution in [3.63, 3.8) is 0 Å². The number of amides is 1. The standard InChI is InChI=1S/C28H33FN4O2/c1-20-19-32(15-16-33(20)27(34)35-28(2,3)4)23-17-24(29)26(30-18-23)31-25(21-11-7-5-8-12-21)22-13-9-6-10-14-22/h5-14,17-18,20,25H,15-16,19H2,1-4H3,(H,30,31)/t20-/m0/s1. The molecule has 3 aromatic rings. The number of nitrogens with one attached hydrogen (secondary N) is 1. The molecule has 0 unspecified atom stereocenters. The van der Waals surface area contributed by atoms with Crippen LogP contribution < -0.4 is 10.2 Å². The van der Waals surface area contributed by atoms with Crippen molar-refractivity contribution in [2.45, 2.75) is 45.4 Å². The summed E-state index contributed by atoms with van der Waals surface area (Å²) in [4.78, 5) is 20.7. The Morgan fingerprint density at radius 2 is 1.66 bits per heavy atom. The maximum absolute atomic E-state index is 15.2. The Kier molecular flexibility index (Phi) is 7.24. The molecule has 1 amide bonds. The molecule has 1 aliphatic heterocycles. The number of nitrogens with zero attached hydrogens (tertiary/aromatic N) is 3. The van der Waals surface area contributed by atoms with Crippen molar-refractivity contribution in [1.82, 2.24) is 9.88 Å². The summed E-state index contributed by atoms with van der Waals surface area (Å²) >= 11 is 0. The molecule has 1 aromatic heterocycles. The normalized spacial score (nSPS) is 16.3. The monoisotopic (exact) mass is 476 g/mol. The van der Waals surface area contributed by atoms with Gasteiger partial charge >= 0.3 is 6.09 Å². The van der Waals surface area contributed by atoms with Crippen LogP contribution in [0.2, 0.25) is 0 Å². The van der Waals surface area contributed by atoms with Gasteiger partial charge in [-0.15, -0.1) is 0 Å². The van der Waals surface area contributed by atoms with Crippen LogP contribution in [-0.4, -0.2) is 47.3 Å². The lowest BCUT2D eigenvalue weighted by Crippen LogP contribution is -2.55. The summed E-state index contributed by atoms with van der Waals surface area (Å²) in [5, 5.41) is 3.29. The molecule has 0 bridgehead atoms. The minimum absolute atomic E-state index is 0.0694. The number of halogens is 1. The first kappa shape index (κ1) is 24.5. The highest BCUT2D eigenvalue weighted by Crippen LogP contribution is 2.29. The fraction of sp³-hybridized carbons (Fsp3) is 0.357. The molecule has 2 heterocycles. The molecular formula is C28H33FN4O2. The molecule has 184 valence electrons. The Balaban J connectivity index is 1.48. The third-order valence-electron chi connectivity index (χ3n) is 5.99. The smallest absolute Gasteiger partial charge is 0.410 e. The lowest BCUT2D eigenvalue weighted by molar-refractivity contribution is 0.0159. The number of carbonyl (C=O) groups is 1. The van der Waals surface area contributed by atoms with E-state index in [1.165, 1.54) is 6.07 Å². The van der Waals surface area contributed by atoms with E-state index in [2.05, 4.69) is 15.2 Å². The molecule has 7 heteroatoms. The van der Waals surface area contributed by atoms with Crippen molar-refractivity contribution in [1.29, 1.82) is 0 Å². The lowest BCUT2D eigenvalue weighted by atomic mass is 9.99. The predicted molar refractivity (Wildman–Crippen MR) is 137 cm³/mol. The maximum Gasteiger partial charge on any atom is 0.410 e. The van der Waals surface area contributed by atoms with Crippen molar-refractivity contribution in [2.24, 2.45) is 0 Å². The largest absolute Gasteiger partial charge is 0.444 e. The van der Waals surface area contributed by atoms with Gasteiger partial charge in [-0.05, 0) is 38.8 Å². The van der Waals surface area contributed by atoms with E-state index in [0.29, 0.717) is 25.3 Å². The van der Waals surface area contributed by atoms with Crippen LogP contribution in [0.1, 0.15) is 44.9 Å². The number of pyridine rings is 1. The first-order valence-electron chi connectivity index (χ1n) is 12.0. The first-order valence-corrected chi connectivity index (χ1v) is 12.0. The van der Waals surface area contributed by atoms with Gasteiger partial charge in [0.2, 0.25) is 0 Å². The predicted octanol–water partition coefficient (Wildman–Crippen LogP) is 5.87. The summed E-state index contributed by atoms with van der Waals surface area (Å²) in [6, 6.07) is 21.1. The highest BCUT2D eigenvalue weighted by Gasteiger charge is 2.31. The molecule has 1 saturated heterocycles. The van der Waals surface area contributed by atoms with Gasteiger partial charge in [0, 0.05) is 31.7 Å². The fourth-order valence-corrected chi connectivity index (χ4v) is 4.28. The van der Waals surface area contributed by atoms with Gasteiger partial charge in [-0.2, -0.15) is 0 Å². The SMILES string of the molecule is C[C@H]1CN(c2cnc(NC(c3ccccc3)c3ccccc3)c(F)c2)CCN1C(=O)OC(C)(C)C. The summed E-state index contributed by atoms with van der Waals surface area (Å²) in [6.45, 7) is 9.20. The molecule has 1 atom stereocenters. The number of anilines is 2. The molecule has 35 heavy (non-hydrogen) atoms. The highest BCUT2D eigenvalue weighted by molar-refractivity contribution is 5.69. The molecular weight excluding hydrogens is 443 g/mol. The van der Waals surface area contributed by atoms with Gasteiger partial charge in [0.25, 0.3) is 0 Å². The number of carbonyl (C=O) groups excluding carboxylic acids is 1. The number of rotatable bonds is 5. The molecule has 1 aliphatic rings. The van der Waals surface area contributed by atoms with Crippen molar-refractivity contribution < 1.29 is 13.9 Å². The van der Waals surface area contributed by atoms with Gasteiger partial charge in [-0.25, -0.2) is 14.2 Å². The number of hydrogen-bond donors (Lipinski definition) is 1. The number of aromatic nitrogens is 1. The van der Waals surface area contributed by atoms with Crippen LogP contribution in [0.4, 0.5) is 20.7 Å². The third-order valence-corrected chi connectivity index (χ3v) is 5.99. The zero-order valence-electron chi connectivity index (χ0n) is 20.7. The summed E-state index contributed by atoms with van der Waals surface area (Å²) in [6.07, 6.45) is 1.37. The number of hydrogen-bond acceptors (Lipinski definition) is 5. The van der Waals surface area contributed by atoms with Gasteiger partial charge in [-0.3, -0.25) is 0 Å². The quantitative estimate of drug-likeness (QED) is 0.499. The van der Waals surface area contributed by atoms with Crippen LogP contribution in [0.3, 0.4) is 0 Å². The minimum Gasteiger partial charge on any atom is -0.444 e. The molecule has 6 nitrogen and oxygen atoms in total. The Bertz CT molecular complexity index is 1100. The lowest BCUT2D eigenvalue weighted by Gasteiger charge is -2.41. The summed E-state index contributed by atoms with van der Waals surface area (Å²) < 4.78 is 20.8. The average molecular weight is 477 g/mol. The number of ether oxygens (including phenoxy) is 1. The van der Waals surface area contributed by atoms with Crippen LogP contribution in [-0.2, 0) is 4.74 Å². The summed E-state index contributed by atoms with van der Waals surface area (Å²) in [5.74, 6) is -0.214.